The molecule has 2 aromatic carbocycles. The molecule has 1 aliphatic heterocycles. The highest BCUT2D eigenvalue weighted by Gasteiger charge is 2.30. The summed E-state index contributed by atoms with van der Waals surface area (Å²) in [5.41, 5.74) is 14.0. The summed E-state index contributed by atoms with van der Waals surface area (Å²) < 4.78 is 5.27. The Bertz CT molecular complexity index is 972. The lowest BCUT2D eigenvalue weighted by atomic mass is 9.88. The van der Waals surface area contributed by atoms with Crippen LogP contribution in [-0.2, 0) is 4.79 Å². The molecule has 5 heteroatoms. The number of rotatable bonds is 4. The van der Waals surface area contributed by atoms with Gasteiger partial charge in [0.1, 0.15) is 5.75 Å². The largest absolute Gasteiger partial charge is 0.497 e. The van der Waals surface area contributed by atoms with Crippen LogP contribution in [0.25, 0.3) is 16.8 Å². The summed E-state index contributed by atoms with van der Waals surface area (Å²) in [7, 11) is 1.66. The van der Waals surface area contributed by atoms with E-state index >= 15 is 0 Å². The SMILES string of the molecule is COc1ccc(-c2cc(C)ccc2C2=C3CCCC(C(=O)O)=C3NN2)cc1. The van der Waals surface area contributed by atoms with Crippen molar-refractivity contribution >= 4 is 11.7 Å². The minimum Gasteiger partial charge on any atom is -0.497 e. The molecule has 5 nitrogen and oxygen atoms in total. The molecule has 3 N–H and O–H groups in total. The van der Waals surface area contributed by atoms with E-state index in [9.17, 15) is 9.90 Å². The van der Waals surface area contributed by atoms with Gasteiger partial charge in [-0.25, -0.2) is 4.79 Å². The fourth-order valence-electron chi connectivity index (χ4n) is 3.80. The van der Waals surface area contributed by atoms with Gasteiger partial charge in [-0.15, -0.1) is 0 Å². The van der Waals surface area contributed by atoms with Crippen molar-refractivity contribution in [2.75, 3.05) is 7.11 Å². The molecule has 0 spiro atoms. The molecule has 1 aliphatic carbocycles. The molecule has 2 aliphatic rings. The quantitative estimate of drug-likeness (QED) is 0.767. The van der Waals surface area contributed by atoms with Gasteiger partial charge >= 0.3 is 5.97 Å². The molecule has 0 saturated heterocycles. The van der Waals surface area contributed by atoms with Crippen LogP contribution in [0.3, 0.4) is 0 Å². The average molecular weight is 362 g/mol. The van der Waals surface area contributed by atoms with E-state index in [2.05, 4.69) is 36.0 Å². The predicted molar refractivity (Wildman–Crippen MR) is 105 cm³/mol. The van der Waals surface area contributed by atoms with Gasteiger partial charge in [-0.3, -0.25) is 10.9 Å². The van der Waals surface area contributed by atoms with Gasteiger partial charge in [0.05, 0.1) is 24.1 Å². The first-order valence-electron chi connectivity index (χ1n) is 9.06. The number of allylic oxidation sites excluding steroid dienone is 1. The van der Waals surface area contributed by atoms with Crippen molar-refractivity contribution in [2.45, 2.75) is 26.2 Å². The first kappa shape index (κ1) is 17.2. The highest BCUT2D eigenvalue weighted by atomic mass is 16.5. The van der Waals surface area contributed by atoms with Gasteiger partial charge in [-0.05, 0) is 49.4 Å². The van der Waals surface area contributed by atoms with Crippen molar-refractivity contribution in [3.05, 3.63) is 70.4 Å². The zero-order valence-corrected chi connectivity index (χ0v) is 15.4. The first-order valence-corrected chi connectivity index (χ1v) is 9.06. The fraction of sp³-hybridized carbons (Fsp3) is 0.227. The molecule has 4 rings (SSSR count). The molecule has 0 aromatic heterocycles. The molecule has 0 unspecified atom stereocenters. The molecule has 0 saturated carbocycles. The number of nitrogens with one attached hydrogen (secondary N) is 2. The van der Waals surface area contributed by atoms with Crippen molar-refractivity contribution in [1.29, 1.82) is 0 Å². The maximum atomic E-state index is 11.6. The molecular weight excluding hydrogens is 340 g/mol. The van der Waals surface area contributed by atoms with E-state index in [4.69, 9.17) is 4.74 Å². The normalized spacial score (nSPS) is 15.9. The van der Waals surface area contributed by atoms with Gasteiger partial charge < -0.3 is 9.84 Å². The minimum atomic E-state index is -0.850. The maximum absolute atomic E-state index is 11.6. The summed E-state index contributed by atoms with van der Waals surface area (Å²) in [4.78, 5) is 11.6. The van der Waals surface area contributed by atoms with Crippen molar-refractivity contribution in [3.63, 3.8) is 0 Å². The third-order valence-corrected chi connectivity index (χ3v) is 5.17. The maximum Gasteiger partial charge on any atom is 0.333 e. The summed E-state index contributed by atoms with van der Waals surface area (Å²) in [5.74, 6) is -0.0312. The van der Waals surface area contributed by atoms with Crippen LogP contribution in [0.2, 0.25) is 0 Å². The lowest BCUT2D eigenvalue weighted by Crippen LogP contribution is -2.25. The van der Waals surface area contributed by atoms with Crippen molar-refractivity contribution < 1.29 is 14.6 Å². The number of ether oxygens (including phenoxy) is 1. The smallest absolute Gasteiger partial charge is 0.333 e. The van der Waals surface area contributed by atoms with Gasteiger partial charge in [0, 0.05) is 11.1 Å². The number of hydrazine groups is 1. The Labute approximate surface area is 158 Å². The molecule has 0 fully saturated rings. The van der Waals surface area contributed by atoms with Gasteiger partial charge in [0.2, 0.25) is 0 Å². The number of aliphatic carboxylic acids is 1. The van der Waals surface area contributed by atoms with E-state index in [1.54, 1.807) is 7.11 Å². The third-order valence-electron chi connectivity index (χ3n) is 5.17. The summed E-state index contributed by atoms with van der Waals surface area (Å²) in [6.07, 6.45) is 2.30. The molecule has 0 radical (unpaired) electrons. The van der Waals surface area contributed by atoms with Crippen LogP contribution in [0.4, 0.5) is 0 Å². The molecule has 27 heavy (non-hydrogen) atoms. The van der Waals surface area contributed by atoms with E-state index < -0.39 is 5.97 Å². The lowest BCUT2D eigenvalue weighted by molar-refractivity contribution is -0.132. The topological polar surface area (TPSA) is 70.6 Å². The minimum absolute atomic E-state index is 0.455. The third kappa shape index (κ3) is 3.05. The van der Waals surface area contributed by atoms with Crippen LogP contribution in [-0.4, -0.2) is 18.2 Å². The molecular formula is C22H22N2O3. The summed E-state index contributed by atoms with van der Waals surface area (Å²) in [6, 6.07) is 14.3. The summed E-state index contributed by atoms with van der Waals surface area (Å²) in [5, 5.41) is 9.50. The number of carboxylic acid groups (broad SMARTS) is 1. The molecule has 138 valence electrons. The second-order valence-corrected chi connectivity index (χ2v) is 6.89. The van der Waals surface area contributed by atoms with Crippen LogP contribution >= 0.6 is 0 Å². The van der Waals surface area contributed by atoms with E-state index in [0.29, 0.717) is 12.0 Å². The number of carbonyl (C=O) groups is 1. The predicted octanol–water partition coefficient (Wildman–Crippen LogP) is 4.01. The number of fused-ring (bicyclic) bond motifs is 1. The van der Waals surface area contributed by atoms with E-state index in [-0.39, 0.29) is 0 Å². The number of hydrogen-bond acceptors (Lipinski definition) is 4. The van der Waals surface area contributed by atoms with Crippen LogP contribution in [0, 0.1) is 6.92 Å². The number of benzene rings is 2. The van der Waals surface area contributed by atoms with Gasteiger partial charge in [-0.2, -0.15) is 0 Å². The molecule has 2 aromatic rings. The molecule has 1 heterocycles. The molecule has 0 bridgehead atoms. The summed E-state index contributed by atoms with van der Waals surface area (Å²) >= 11 is 0. The lowest BCUT2D eigenvalue weighted by Gasteiger charge is -2.17. The Kier molecular flexibility index (Phi) is 4.36. The number of aryl methyl sites for hydroxylation is 1. The van der Waals surface area contributed by atoms with Gasteiger partial charge in [0.15, 0.2) is 0 Å². The Morgan fingerprint density at radius 3 is 2.44 bits per heavy atom. The van der Waals surface area contributed by atoms with Crippen molar-refractivity contribution in [3.8, 4) is 16.9 Å². The van der Waals surface area contributed by atoms with Crippen molar-refractivity contribution in [1.82, 2.24) is 10.9 Å². The van der Waals surface area contributed by atoms with Gasteiger partial charge in [-0.1, -0.05) is 35.9 Å². The van der Waals surface area contributed by atoms with Crippen LogP contribution in [0.5, 0.6) is 5.75 Å². The number of hydrogen-bond donors (Lipinski definition) is 3. The highest BCUT2D eigenvalue weighted by Crippen LogP contribution is 2.39. The highest BCUT2D eigenvalue weighted by molar-refractivity contribution is 5.92. The first-order chi connectivity index (χ1) is 13.1. The zero-order valence-electron chi connectivity index (χ0n) is 15.4. The van der Waals surface area contributed by atoms with E-state index in [1.807, 2.05) is 24.3 Å². The van der Waals surface area contributed by atoms with Crippen molar-refractivity contribution in [2.24, 2.45) is 0 Å². The van der Waals surface area contributed by atoms with Crippen LogP contribution in [0.15, 0.2) is 59.3 Å². The van der Waals surface area contributed by atoms with Gasteiger partial charge in [0.25, 0.3) is 0 Å². The second-order valence-electron chi connectivity index (χ2n) is 6.89. The summed E-state index contributed by atoms with van der Waals surface area (Å²) in [6.45, 7) is 2.07. The molecule has 0 atom stereocenters. The number of carboxylic acids is 1. The Balaban J connectivity index is 1.86. The number of methoxy groups -OCH3 is 1. The Morgan fingerprint density at radius 1 is 1.00 bits per heavy atom. The van der Waals surface area contributed by atoms with E-state index in [1.165, 1.54) is 5.56 Å². The zero-order chi connectivity index (χ0) is 19.0. The van der Waals surface area contributed by atoms with Crippen LogP contribution < -0.4 is 15.6 Å². The molecule has 0 amide bonds. The van der Waals surface area contributed by atoms with Crippen LogP contribution in [0.1, 0.15) is 30.4 Å². The average Bonchev–Trinajstić information content (AvgIpc) is 3.12. The second kappa shape index (κ2) is 6.83. The Morgan fingerprint density at radius 2 is 1.74 bits per heavy atom. The monoisotopic (exact) mass is 362 g/mol. The van der Waals surface area contributed by atoms with E-state index in [0.717, 1.165) is 52.2 Å². The fourth-order valence-corrected chi connectivity index (χ4v) is 3.80. The Hall–Kier alpha value is -3.21. The standard InChI is InChI=1S/C22H22N2O3/c1-13-6-11-16(19(12-13)14-7-9-15(27-2)10-8-14)20-17-4-3-5-18(22(25)26)21(17)24-23-20/h6-12,23-24H,3-5H2,1-2H3,(H,25,26).